The Kier molecular flexibility index (Phi) is 10.4. The molecule has 12 nitrogen and oxygen atoms in total. The number of amides is 3. The highest BCUT2D eigenvalue weighted by atomic mass is 16.5. The second kappa shape index (κ2) is 14.6. The van der Waals surface area contributed by atoms with Gasteiger partial charge in [-0.3, -0.25) is 9.69 Å². The van der Waals surface area contributed by atoms with Crippen molar-refractivity contribution < 1.29 is 33.7 Å². The number of carboxylic acids is 1. The summed E-state index contributed by atoms with van der Waals surface area (Å²) in [7, 11) is 4.91. The summed E-state index contributed by atoms with van der Waals surface area (Å²) in [5, 5.41) is 13.2. The fourth-order valence-electron chi connectivity index (χ4n) is 5.92. The number of aliphatic carboxylic acids is 1. The molecule has 0 aliphatic carbocycles. The molecule has 0 spiro atoms. The lowest BCUT2D eigenvalue weighted by molar-refractivity contribution is -0.142. The van der Waals surface area contributed by atoms with Crippen molar-refractivity contribution in [1.29, 1.82) is 0 Å². The molecule has 3 unspecified atom stereocenters. The fraction of sp³-hybridized carbons (Fsp3) is 0.441. The van der Waals surface area contributed by atoms with Gasteiger partial charge in [0, 0.05) is 24.7 Å². The Morgan fingerprint density at radius 3 is 2.50 bits per heavy atom. The number of allylic oxidation sites excluding steroid dienone is 2. The third-order valence-corrected chi connectivity index (χ3v) is 8.54. The number of carboxylic acid groups (broad SMARTS) is 1. The van der Waals surface area contributed by atoms with Gasteiger partial charge in [-0.15, -0.1) is 0 Å². The van der Waals surface area contributed by atoms with Gasteiger partial charge in [-0.2, -0.15) is 4.98 Å². The molecule has 3 amide bonds. The van der Waals surface area contributed by atoms with E-state index in [1.807, 2.05) is 55.5 Å². The standard InChI is InChI=1S/C34H41N5O7/c1-21-28(45-4)17-16-25-29(21)36-30(22-12-14-23(44-3)15-13-22)37-32(25)46-24-19-27-31(40)35-26(33(41)42)11-9-7-5-6-8-10-18-38(2)34(43)39(27)20-24/h5,7,12-17,24,26-27H,6,8-11,18-20H2,1-4H3,(H,35,40)(H,41,42)/q+1. The number of hydrogen-bond donors (Lipinski definition) is 2. The van der Waals surface area contributed by atoms with Gasteiger partial charge in [0.25, 0.3) is 5.91 Å². The summed E-state index contributed by atoms with van der Waals surface area (Å²) >= 11 is 0. The Hall–Kier alpha value is -4.71. The smallest absolute Gasteiger partial charge is 0.467 e. The minimum Gasteiger partial charge on any atom is -0.497 e. The van der Waals surface area contributed by atoms with Crippen LogP contribution in [0.4, 0.5) is 4.79 Å². The predicted octanol–water partition coefficient (Wildman–Crippen LogP) is 4.42. The van der Waals surface area contributed by atoms with Gasteiger partial charge in [-0.25, -0.2) is 14.6 Å². The van der Waals surface area contributed by atoms with Crippen LogP contribution in [0.3, 0.4) is 0 Å². The number of nitrogens with one attached hydrogen (secondary N) is 1. The van der Waals surface area contributed by atoms with E-state index in [4.69, 9.17) is 24.2 Å². The van der Waals surface area contributed by atoms with Crippen LogP contribution in [0.15, 0.2) is 48.6 Å². The molecule has 5 rings (SSSR count). The number of methoxy groups -OCH3 is 2. The fourth-order valence-corrected chi connectivity index (χ4v) is 5.92. The summed E-state index contributed by atoms with van der Waals surface area (Å²) in [6.45, 7) is 2.57. The van der Waals surface area contributed by atoms with Gasteiger partial charge < -0.3 is 24.6 Å². The number of carbonyl (C=O) groups is 3. The van der Waals surface area contributed by atoms with Crippen molar-refractivity contribution >= 4 is 28.8 Å². The molecule has 46 heavy (non-hydrogen) atoms. The third-order valence-electron chi connectivity index (χ3n) is 8.54. The molecule has 12 heteroatoms. The lowest BCUT2D eigenvalue weighted by Crippen LogP contribution is -2.56. The van der Waals surface area contributed by atoms with Gasteiger partial charge in [0.1, 0.15) is 17.5 Å². The Morgan fingerprint density at radius 1 is 1.02 bits per heavy atom. The Morgan fingerprint density at radius 2 is 1.78 bits per heavy atom. The number of benzene rings is 2. The number of carbonyl (C=O) groups excluding carboxylic acids is 2. The number of ether oxygens (including phenoxy) is 3. The van der Waals surface area contributed by atoms with E-state index in [-0.39, 0.29) is 25.4 Å². The molecule has 2 N–H and O–H groups in total. The number of aryl methyl sites for hydroxylation is 1. The minimum absolute atomic E-state index is 0.124. The van der Waals surface area contributed by atoms with Gasteiger partial charge >= 0.3 is 12.0 Å². The number of aromatic nitrogens is 2. The Balaban J connectivity index is 1.49. The van der Waals surface area contributed by atoms with E-state index in [0.29, 0.717) is 47.1 Å². The van der Waals surface area contributed by atoms with Crippen molar-refractivity contribution in [3.8, 4) is 28.8 Å². The summed E-state index contributed by atoms with van der Waals surface area (Å²) < 4.78 is 17.4. The van der Waals surface area contributed by atoms with Crippen LogP contribution in [0, 0.1) is 6.92 Å². The summed E-state index contributed by atoms with van der Waals surface area (Å²) in [5.41, 5.74) is 2.21. The lowest BCUT2D eigenvalue weighted by atomic mass is 10.1. The molecule has 243 valence electrons. The van der Waals surface area contributed by atoms with E-state index >= 15 is 0 Å². The predicted molar refractivity (Wildman–Crippen MR) is 172 cm³/mol. The third kappa shape index (κ3) is 7.23. The highest BCUT2D eigenvalue weighted by Gasteiger charge is 2.52. The second-order valence-electron chi connectivity index (χ2n) is 11.7. The topological polar surface area (TPSA) is 146 Å². The first-order valence-electron chi connectivity index (χ1n) is 15.6. The van der Waals surface area contributed by atoms with Crippen LogP contribution in [0.2, 0.25) is 0 Å². The summed E-state index contributed by atoms with van der Waals surface area (Å²) in [6, 6.07) is 8.73. The number of urea groups is 1. The minimum atomic E-state index is -1.11. The van der Waals surface area contributed by atoms with Crippen LogP contribution in [-0.4, -0.2) is 90.4 Å². The molecule has 3 heterocycles. The summed E-state index contributed by atoms with van der Waals surface area (Å²) in [4.78, 5) is 52.0. The summed E-state index contributed by atoms with van der Waals surface area (Å²) in [6.07, 6.45) is 6.86. The first-order chi connectivity index (χ1) is 22.2. The van der Waals surface area contributed by atoms with E-state index in [0.717, 1.165) is 30.4 Å². The van der Waals surface area contributed by atoms with E-state index < -0.39 is 30.1 Å². The average Bonchev–Trinajstić information content (AvgIpc) is 3.48. The average molecular weight is 632 g/mol. The Labute approximate surface area is 268 Å². The molecule has 2 aromatic carbocycles. The maximum atomic E-state index is 13.7. The zero-order chi connectivity index (χ0) is 32.8. The number of hydrogen-bond acceptors (Lipinski definition) is 8. The molecule has 2 aliphatic rings. The van der Waals surface area contributed by atoms with Crippen LogP contribution in [0.5, 0.6) is 17.4 Å². The van der Waals surface area contributed by atoms with E-state index in [9.17, 15) is 19.5 Å². The van der Waals surface area contributed by atoms with Crippen LogP contribution < -0.4 is 24.4 Å². The van der Waals surface area contributed by atoms with E-state index in [1.165, 1.54) is 4.90 Å². The first-order valence-corrected chi connectivity index (χ1v) is 15.6. The molecular formula is C34H41N5O7+. The summed E-state index contributed by atoms with van der Waals surface area (Å²) in [5.74, 6) is 0.468. The number of fused-ring (bicyclic) bond motifs is 2. The highest BCUT2D eigenvalue weighted by Crippen LogP contribution is 2.35. The van der Waals surface area contributed by atoms with Crippen molar-refractivity contribution in [2.45, 2.75) is 63.6 Å². The molecule has 3 atom stereocenters. The maximum absolute atomic E-state index is 13.7. The van der Waals surface area contributed by atoms with Gasteiger partial charge in [0.15, 0.2) is 18.5 Å². The van der Waals surface area contributed by atoms with Gasteiger partial charge in [0.2, 0.25) is 11.9 Å². The van der Waals surface area contributed by atoms with Crippen molar-refractivity contribution in [2.24, 2.45) is 0 Å². The van der Waals surface area contributed by atoms with Gasteiger partial charge in [-0.1, -0.05) is 17.1 Å². The molecule has 1 fully saturated rings. The molecule has 1 saturated heterocycles. The molecule has 1 radical (unpaired) electrons. The van der Waals surface area contributed by atoms with Crippen LogP contribution in [0.25, 0.3) is 22.3 Å². The van der Waals surface area contributed by atoms with Crippen molar-refractivity contribution in [2.75, 3.05) is 34.4 Å². The molecular weight excluding hydrogens is 590 g/mol. The molecule has 0 bridgehead atoms. The molecule has 1 aromatic heterocycles. The largest absolute Gasteiger partial charge is 0.497 e. The van der Waals surface area contributed by atoms with Crippen molar-refractivity contribution in [3.63, 3.8) is 0 Å². The van der Waals surface area contributed by atoms with Crippen molar-refractivity contribution in [3.05, 3.63) is 54.1 Å². The van der Waals surface area contributed by atoms with Gasteiger partial charge in [-0.05, 0) is 75.4 Å². The zero-order valence-electron chi connectivity index (χ0n) is 26.7. The Bertz CT molecular complexity index is 1610. The van der Waals surface area contributed by atoms with E-state index in [1.54, 1.807) is 26.2 Å². The van der Waals surface area contributed by atoms with E-state index in [2.05, 4.69) is 5.32 Å². The highest BCUT2D eigenvalue weighted by molar-refractivity contribution is 5.92. The maximum Gasteiger partial charge on any atom is 0.467 e. The number of nitrogens with zero attached hydrogens (tertiary/aromatic N) is 4. The monoisotopic (exact) mass is 631 g/mol. The SMILES string of the molecule is COc1ccc(-c2nc(OC3CC4C(=O)NC(C(=O)O)CCC=CCCCCN(C)C(=O)[N+]4C3)c3ccc(OC)c(C)c3n2)cc1. The second-order valence-corrected chi connectivity index (χ2v) is 11.7. The lowest BCUT2D eigenvalue weighted by Gasteiger charge is -2.20. The van der Waals surface area contributed by atoms with Crippen LogP contribution >= 0.6 is 0 Å². The first kappa shape index (κ1) is 32.7. The van der Waals surface area contributed by atoms with Crippen LogP contribution in [-0.2, 0) is 9.59 Å². The van der Waals surface area contributed by atoms with Crippen molar-refractivity contribution in [1.82, 2.24) is 25.1 Å². The molecule has 3 aromatic rings. The van der Waals surface area contributed by atoms with Gasteiger partial charge in [0.05, 0.1) is 31.5 Å². The number of rotatable bonds is 6. The zero-order valence-corrected chi connectivity index (χ0v) is 26.7. The molecule has 0 saturated carbocycles. The normalized spacial score (nSPS) is 21.7. The quantitative estimate of drug-likeness (QED) is 0.298. The van der Waals surface area contributed by atoms with Crippen LogP contribution in [0.1, 0.15) is 44.1 Å². The molecule has 2 aliphatic heterocycles.